The van der Waals surface area contributed by atoms with E-state index in [9.17, 15) is 19.9 Å². The highest BCUT2D eigenvalue weighted by molar-refractivity contribution is 8.35. The second-order valence-corrected chi connectivity index (χ2v) is 7.05. The van der Waals surface area contributed by atoms with Gasteiger partial charge in [-0.1, -0.05) is 0 Å². The molecule has 2 saturated heterocycles. The molecule has 0 aromatic carbocycles. The van der Waals surface area contributed by atoms with E-state index in [2.05, 4.69) is 4.98 Å². The van der Waals surface area contributed by atoms with Crippen LogP contribution in [0.15, 0.2) is 17.1 Å². The van der Waals surface area contributed by atoms with Gasteiger partial charge in [0.05, 0.1) is 6.61 Å². The van der Waals surface area contributed by atoms with Crippen molar-refractivity contribution in [1.82, 2.24) is 9.55 Å². The predicted molar refractivity (Wildman–Crippen MR) is 65.2 cm³/mol. The smallest absolute Gasteiger partial charge is 0.349 e. The van der Waals surface area contributed by atoms with E-state index in [0.717, 1.165) is 10.6 Å². The van der Waals surface area contributed by atoms with Gasteiger partial charge in [-0.25, -0.2) is 14.7 Å². The normalized spacial score (nSPS) is 40.0. The average Bonchev–Trinajstić information content (AvgIpc) is 2.83. The van der Waals surface area contributed by atoms with Crippen molar-refractivity contribution in [2.24, 2.45) is 0 Å². The molecule has 0 spiro atoms. The van der Waals surface area contributed by atoms with Crippen LogP contribution in [0.3, 0.4) is 0 Å². The van der Waals surface area contributed by atoms with Gasteiger partial charge in [-0.3, -0.25) is 4.57 Å². The number of hydrogen-bond acceptors (Lipinski definition) is 9. The minimum Gasteiger partial charge on any atom is -0.858 e. The van der Waals surface area contributed by atoms with Gasteiger partial charge in [-0.2, -0.15) is 9.05 Å². The number of rotatable bonds is 2. The molecule has 1 aromatic heterocycles. The molecule has 5 atom stereocenters. The number of aliphatic hydroxyl groups excluding tert-OH is 1. The van der Waals surface area contributed by atoms with Gasteiger partial charge in [0.25, 0.3) is 7.15 Å². The largest absolute Gasteiger partial charge is 0.858 e. The third-order valence-corrected chi connectivity index (χ3v) is 4.59. The van der Waals surface area contributed by atoms with Crippen LogP contribution in [0, 0.1) is 0 Å². The number of fused-ring (bicyclic) bond motifs is 1. The van der Waals surface area contributed by atoms with Crippen LogP contribution >= 0.6 is 7.15 Å². The van der Waals surface area contributed by atoms with E-state index < -0.39 is 49.9 Å². The quantitative estimate of drug-likeness (QED) is 0.479. The number of ether oxygens (including phenoxy) is 1. The highest BCUT2D eigenvalue weighted by atomic mass is 32.7. The molecule has 0 radical (unpaired) electrons. The lowest BCUT2D eigenvalue weighted by molar-refractivity contribution is -0.275. The third-order valence-electron chi connectivity index (χ3n) is 3.05. The molecule has 11 heteroatoms. The zero-order valence-electron chi connectivity index (χ0n) is 9.86. The second-order valence-electron chi connectivity index (χ2n) is 4.31. The molecule has 110 valence electrons. The van der Waals surface area contributed by atoms with Gasteiger partial charge in [-0.15, -0.1) is 0 Å². The Hall–Kier alpha value is -0.740. The first-order valence-electron chi connectivity index (χ1n) is 5.63. The Bertz CT molecular complexity index is 582. The van der Waals surface area contributed by atoms with Crippen LogP contribution in [0.25, 0.3) is 0 Å². The van der Waals surface area contributed by atoms with Gasteiger partial charge >= 0.3 is 5.69 Å². The Morgan fingerprint density at radius 2 is 2.20 bits per heavy atom. The van der Waals surface area contributed by atoms with Crippen molar-refractivity contribution in [3.8, 4) is 5.88 Å². The summed E-state index contributed by atoms with van der Waals surface area (Å²) in [5, 5.41) is 20.2. The molecule has 3 rings (SSSR count). The van der Waals surface area contributed by atoms with Crippen LogP contribution < -0.4 is 10.8 Å². The summed E-state index contributed by atoms with van der Waals surface area (Å²) in [4.78, 5) is 24.6. The molecule has 3 heterocycles. The first kappa shape index (κ1) is 14.2. The van der Waals surface area contributed by atoms with Gasteiger partial charge in [0.15, 0.2) is 18.4 Å². The van der Waals surface area contributed by atoms with Crippen LogP contribution in [-0.4, -0.2) is 44.5 Å². The highest BCUT2D eigenvalue weighted by Crippen LogP contribution is 2.65. The Kier molecular flexibility index (Phi) is 3.49. The van der Waals surface area contributed by atoms with E-state index in [-0.39, 0.29) is 0 Å². The summed E-state index contributed by atoms with van der Waals surface area (Å²) in [6.07, 6.45) is -2.18. The molecule has 1 unspecified atom stereocenters. The lowest BCUT2D eigenvalue weighted by Crippen LogP contribution is -2.34. The Balaban J connectivity index is 1.96. The highest BCUT2D eigenvalue weighted by Gasteiger charge is 2.60. The van der Waals surface area contributed by atoms with E-state index in [1.54, 1.807) is 0 Å². The van der Waals surface area contributed by atoms with Crippen molar-refractivity contribution in [2.75, 3.05) is 6.61 Å². The Morgan fingerprint density at radius 1 is 1.50 bits per heavy atom. The van der Waals surface area contributed by atoms with Crippen LogP contribution in [-0.2, 0) is 26.0 Å². The lowest BCUT2D eigenvalue weighted by atomic mass is 10.1. The predicted octanol–water partition coefficient (Wildman–Crippen LogP) is -1.79. The molecule has 0 aliphatic carbocycles. The minimum atomic E-state index is -3.41. The standard InChI is InChI=1S/C9H11N2O7PS/c12-3-4-6-7(18-19(15,20)17-6)8(16-4)11-2-1-5(13)10-9(11)14/h1-2,4,6-8,12H,3H2,(H,15,20)(H,10,13,14)/p-1/t4-,6-,7-,8-,19?/m1/s1. The molecule has 1 aromatic rings. The Morgan fingerprint density at radius 3 is 2.85 bits per heavy atom. The van der Waals surface area contributed by atoms with E-state index >= 15 is 0 Å². The van der Waals surface area contributed by atoms with Gasteiger partial charge in [0.2, 0.25) is 0 Å². The van der Waals surface area contributed by atoms with Crippen LogP contribution in [0.2, 0.25) is 0 Å². The average molecular weight is 321 g/mol. The van der Waals surface area contributed by atoms with Gasteiger partial charge in [-0.05, 0) is 11.9 Å². The van der Waals surface area contributed by atoms with E-state index in [1.807, 2.05) is 0 Å². The number of hydrogen-bond donors (Lipinski definition) is 2. The molecule has 2 aliphatic rings. The summed E-state index contributed by atoms with van der Waals surface area (Å²) in [6, 6.07) is 1.09. The summed E-state index contributed by atoms with van der Waals surface area (Å²) < 4.78 is 16.9. The zero-order chi connectivity index (χ0) is 14.5. The fourth-order valence-electron chi connectivity index (χ4n) is 2.24. The maximum Gasteiger partial charge on any atom is 0.349 e. The van der Waals surface area contributed by atoms with E-state index in [0.29, 0.717) is 0 Å². The molecule has 2 aliphatic heterocycles. The molecule has 2 fully saturated rings. The maximum atomic E-state index is 11.7. The monoisotopic (exact) mass is 321 g/mol. The molecular formula is C9H10N2O7PS-. The lowest BCUT2D eigenvalue weighted by Gasteiger charge is -2.21. The number of nitrogens with zero attached hydrogens (tertiary/aromatic N) is 2. The minimum absolute atomic E-state index is 0.391. The molecule has 0 amide bonds. The summed E-state index contributed by atoms with van der Waals surface area (Å²) in [7, 11) is -3.41. The van der Waals surface area contributed by atoms with Crippen molar-refractivity contribution in [3.05, 3.63) is 22.7 Å². The third kappa shape index (κ3) is 2.33. The number of aromatic nitrogens is 2. The molecule has 0 saturated carbocycles. The molecule has 2 N–H and O–H groups in total. The van der Waals surface area contributed by atoms with E-state index in [4.69, 9.17) is 26.0 Å². The summed E-state index contributed by atoms with van der Waals surface area (Å²) >= 11 is 4.75. The van der Waals surface area contributed by atoms with Crippen LogP contribution in [0.1, 0.15) is 6.23 Å². The van der Waals surface area contributed by atoms with E-state index in [1.165, 1.54) is 6.20 Å². The van der Waals surface area contributed by atoms with Crippen LogP contribution in [0.5, 0.6) is 5.88 Å². The summed E-state index contributed by atoms with van der Waals surface area (Å²) in [5.74, 6) is -0.671. The molecule has 20 heavy (non-hydrogen) atoms. The first-order valence-corrected chi connectivity index (χ1v) is 8.22. The summed E-state index contributed by atoms with van der Waals surface area (Å²) in [6.45, 7) is -0.391. The van der Waals surface area contributed by atoms with Crippen molar-refractivity contribution >= 4 is 19.4 Å². The molecular weight excluding hydrogens is 311 g/mol. The van der Waals surface area contributed by atoms with Crippen molar-refractivity contribution in [2.45, 2.75) is 24.5 Å². The number of aliphatic hydroxyl groups is 1. The van der Waals surface area contributed by atoms with Gasteiger partial charge in [0.1, 0.15) is 6.10 Å². The zero-order valence-corrected chi connectivity index (χ0v) is 11.6. The molecule has 9 nitrogen and oxygen atoms in total. The fraction of sp³-hybridized carbons (Fsp3) is 0.556. The van der Waals surface area contributed by atoms with Crippen LogP contribution in [0.4, 0.5) is 0 Å². The topological polar surface area (TPSA) is 126 Å². The van der Waals surface area contributed by atoms with Crippen molar-refractivity contribution in [3.63, 3.8) is 0 Å². The Labute approximate surface area is 118 Å². The maximum absolute atomic E-state index is 11.7. The van der Waals surface area contributed by atoms with Gasteiger partial charge in [0, 0.05) is 6.20 Å². The molecule has 0 bridgehead atoms. The second kappa shape index (κ2) is 4.92. The van der Waals surface area contributed by atoms with Gasteiger partial charge < -0.3 is 27.2 Å². The fourth-order valence-corrected chi connectivity index (χ4v) is 3.98. The SMILES string of the molecule is O=c1nc([O-])ccn1[C@@H]1O[C@H](CO)[C@H]2O[P+](O)([S-])O[C@H]21. The first-order chi connectivity index (χ1) is 9.41. The van der Waals surface area contributed by atoms with Crippen molar-refractivity contribution in [1.29, 1.82) is 0 Å². The van der Waals surface area contributed by atoms with Crippen molar-refractivity contribution < 1.29 is 28.9 Å². The summed E-state index contributed by atoms with van der Waals surface area (Å²) in [5.41, 5.74) is -0.818.